The van der Waals surface area contributed by atoms with Crippen molar-refractivity contribution in [3.63, 3.8) is 0 Å². The fraction of sp³-hybridized carbons (Fsp3) is 0.350. The molecule has 0 atom stereocenters. The summed E-state index contributed by atoms with van der Waals surface area (Å²) in [7, 11) is 0. The Labute approximate surface area is 137 Å². The maximum atomic E-state index is 11.0. The Kier molecular flexibility index (Phi) is 5.09. The summed E-state index contributed by atoms with van der Waals surface area (Å²) in [5.41, 5.74) is 3.58. The predicted octanol–water partition coefficient (Wildman–Crippen LogP) is 4.82. The molecule has 0 aliphatic heterocycles. The second-order valence-electron chi connectivity index (χ2n) is 6.73. The van der Waals surface area contributed by atoms with Crippen molar-refractivity contribution in [1.29, 1.82) is 0 Å². The molecule has 23 heavy (non-hydrogen) atoms. The molecule has 0 unspecified atom stereocenters. The lowest BCUT2D eigenvalue weighted by molar-refractivity contribution is 0.0696. The zero-order valence-electron chi connectivity index (χ0n) is 14.2. The van der Waals surface area contributed by atoms with E-state index in [-0.39, 0.29) is 11.0 Å². The van der Waals surface area contributed by atoms with Crippen LogP contribution in [-0.4, -0.2) is 11.1 Å². The number of hydrogen-bond donors (Lipinski definition) is 1. The molecule has 0 bridgehead atoms. The molecule has 0 aromatic heterocycles. The van der Waals surface area contributed by atoms with Crippen LogP contribution in [0.5, 0.6) is 5.75 Å². The molecule has 0 spiro atoms. The van der Waals surface area contributed by atoms with Gasteiger partial charge in [0.05, 0.1) is 5.56 Å². The molecule has 2 aromatic rings. The molecule has 0 aliphatic carbocycles. The van der Waals surface area contributed by atoms with E-state index in [4.69, 9.17) is 9.84 Å². The lowest BCUT2D eigenvalue weighted by Crippen LogP contribution is -2.14. The van der Waals surface area contributed by atoms with Crippen LogP contribution in [0.25, 0.3) is 0 Å². The minimum absolute atomic E-state index is 0.0105. The van der Waals surface area contributed by atoms with Gasteiger partial charge in [0.15, 0.2) is 0 Å². The van der Waals surface area contributed by atoms with Crippen LogP contribution in [0.1, 0.15) is 54.7 Å². The second-order valence-corrected chi connectivity index (χ2v) is 6.73. The lowest BCUT2D eigenvalue weighted by atomic mass is 9.85. The third-order valence-electron chi connectivity index (χ3n) is 3.83. The van der Waals surface area contributed by atoms with E-state index in [0.29, 0.717) is 6.61 Å². The van der Waals surface area contributed by atoms with Gasteiger partial charge in [0.1, 0.15) is 12.4 Å². The summed E-state index contributed by atoms with van der Waals surface area (Å²) in [4.78, 5) is 11.0. The van der Waals surface area contributed by atoms with Crippen LogP contribution in [0.3, 0.4) is 0 Å². The number of carboxylic acids is 1. The first-order chi connectivity index (χ1) is 10.8. The van der Waals surface area contributed by atoms with Gasteiger partial charge in [-0.3, -0.25) is 0 Å². The van der Waals surface area contributed by atoms with Crippen molar-refractivity contribution >= 4 is 5.97 Å². The Hall–Kier alpha value is -2.29. The molecule has 0 aliphatic rings. The molecular formula is C20H24O3. The van der Waals surface area contributed by atoms with E-state index in [1.165, 1.54) is 11.1 Å². The summed E-state index contributed by atoms with van der Waals surface area (Å²) in [5, 5.41) is 9.06. The van der Waals surface area contributed by atoms with Crippen LogP contribution in [0.2, 0.25) is 0 Å². The van der Waals surface area contributed by atoms with Gasteiger partial charge in [-0.1, -0.05) is 52.0 Å². The molecule has 1 N–H and O–H groups in total. The smallest absolute Gasteiger partial charge is 0.335 e. The molecule has 2 rings (SSSR count). The van der Waals surface area contributed by atoms with E-state index in [2.05, 4.69) is 39.8 Å². The number of rotatable bonds is 5. The molecule has 0 heterocycles. The SMILES string of the molecule is CCc1ccc(OCc2cccc(C(=O)O)c2)c(C(C)(C)C)c1. The number of aromatic carboxylic acids is 1. The van der Waals surface area contributed by atoms with E-state index >= 15 is 0 Å². The molecule has 3 heteroatoms. The molecule has 0 amide bonds. The second kappa shape index (κ2) is 6.86. The molecule has 122 valence electrons. The van der Waals surface area contributed by atoms with Gasteiger partial charge in [0.25, 0.3) is 0 Å². The van der Waals surface area contributed by atoms with Gasteiger partial charge in [0.2, 0.25) is 0 Å². The van der Waals surface area contributed by atoms with Gasteiger partial charge in [-0.05, 0) is 46.7 Å². The Balaban J connectivity index is 2.23. The van der Waals surface area contributed by atoms with Crippen molar-refractivity contribution in [2.24, 2.45) is 0 Å². The quantitative estimate of drug-likeness (QED) is 0.860. The molecule has 0 saturated carbocycles. The molecular weight excluding hydrogens is 288 g/mol. The first kappa shape index (κ1) is 17.1. The van der Waals surface area contributed by atoms with Gasteiger partial charge >= 0.3 is 5.97 Å². The van der Waals surface area contributed by atoms with E-state index in [1.807, 2.05) is 12.1 Å². The van der Waals surface area contributed by atoms with Crippen molar-refractivity contribution < 1.29 is 14.6 Å². The van der Waals surface area contributed by atoms with E-state index in [9.17, 15) is 4.79 Å². The van der Waals surface area contributed by atoms with Gasteiger partial charge in [0, 0.05) is 0 Å². The maximum Gasteiger partial charge on any atom is 0.335 e. The zero-order chi connectivity index (χ0) is 17.0. The highest BCUT2D eigenvalue weighted by atomic mass is 16.5. The van der Waals surface area contributed by atoms with Crippen molar-refractivity contribution in [3.05, 3.63) is 64.7 Å². The number of aryl methyl sites for hydroxylation is 1. The number of ether oxygens (including phenoxy) is 1. The monoisotopic (exact) mass is 312 g/mol. The normalized spacial score (nSPS) is 11.3. The molecule has 2 aromatic carbocycles. The Morgan fingerprint density at radius 3 is 2.43 bits per heavy atom. The Morgan fingerprint density at radius 1 is 1.09 bits per heavy atom. The minimum atomic E-state index is -0.922. The van der Waals surface area contributed by atoms with Crippen LogP contribution in [0, 0.1) is 0 Å². The standard InChI is InChI=1S/C20H24O3/c1-5-14-9-10-18(17(12-14)20(2,3)4)23-13-15-7-6-8-16(11-15)19(21)22/h6-12H,5,13H2,1-4H3,(H,21,22). The molecule has 0 fully saturated rings. The highest BCUT2D eigenvalue weighted by Crippen LogP contribution is 2.32. The topological polar surface area (TPSA) is 46.5 Å². The van der Waals surface area contributed by atoms with Gasteiger partial charge in [-0.25, -0.2) is 4.79 Å². The van der Waals surface area contributed by atoms with E-state index in [0.717, 1.165) is 17.7 Å². The number of carbonyl (C=O) groups is 1. The average molecular weight is 312 g/mol. The van der Waals surface area contributed by atoms with Crippen molar-refractivity contribution in [2.75, 3.05) is 0 Å². The van der Waals surface area contributed by atoms with E-state index < -0.39 is 5.97 Å². The Morgan fingerprint density at radius 2 is 1.83 bits per heavy atom. The third-order valence-corrected chi connectivity index (χ3v) is 3.83. The molecule has 3 nitrogen and oxygen atoms in total. The highest BCUT2D eigenvalue weighted by molar-refractivity contribution is 5.87. The summed E-state index contributed by atoms with van der Waals surface area (Å²) in [6, 6.07) is 13.2. The van der Waals surface area contributed by atoms with Crippen LogP contribution in [0.15, 0.2) is 42.5 Å². The van der Waals surface area contributed by atoms with Crippen molar-refractivity contribution in [2.45, 2.75) is 46.1 Å². The van der Waals surface area contributed by atoms with E-state index in [1.54, 1.807) is 18.2 Å². The first-order valence-corrected chi connectivity index (χ1v) is 7.89. The lowest BCUT2D eigenvalue weighted by Gasteiger charge is -2.23. The van der Waals surface area contributed by atoms with Crippen molar-refractivity contribution in [3.8, 4) is 5.75 Å². The zero-order valence-corrected chi connectivity index (χ0v) is 14.2. The summed E-state index contributed by atoms with van der Waals surface area (Å²) >= 11 is 0. The largest absolute Gasteiger partial charge is 0.489 e. The summed E-state index contributed by atoms with van der Waals surface area (Å²) in [6.45, 7) is 8.99. The van der Waals surface area contributed by atoms with Crippen LogP contribution in [0.4, 0.5) is 0 Å². The molecule has 0 radical (unpaired) electrons. The summed E-state index contributed by atoms with van der Waals surface area (Å²) in [5.74, 6) is -0.0649. The predicted molar refractivity (Wildman–Crippen MR) is 92.3 cm³/mol. The van der Waals surface area contributed by atoms with Crippen LogP contribution >= 0.6 is 0 Å². The summed E-state index contributed by atoms with van der Waals surface area (Å²) < 4.78 is 5.99. The summed E-state index contributed by atoms with van der Waals surface area (Å²) in [6.07, 6.45) is 0.990. The van der Waals surface area contributed by atoms with Crippen LogP contribution < -0.4 is 4.74 Å². The van der Waals surface area contributed by atoms with Gasteiger partial charge < -0.3 is 9.84 Å². The fourth-order valence-electron chi connectivity index (χ4n) is 2.46. The van der Waals surface area contributed by atoms with Crippen LogP contribution in [-0.2, 0) is 18.4 Å². The highest BCUT2D eigenvalue weighted by Gasteiger charge is 2.19. The fourth-order valence-corrected chi connectivity index (χ4v) is 2.46. The number of carboxylic acid groups (broad SMARTS) is 1. The minimum Gasteiger partial charge on any atom is -0.489 e. The molecule has 0 saturated heterocycles. The number of benzene rings is 2. The van der Waals surface area contributed by atoms with Gasteiger partial charge in [-0.15, -0.1) is 0 Å². The third kappa shape index (κ3) is 4.35. The van der Waals surface area contributed by atoms with Crippen molar-refractivity contribution in [1.82, 2.24) is 0 Å². The number of hydrogen-bond acceptors (Lipinski definition) is 2. The average Bonchev–Trinajstić information content (AvgIpc) is 2.52. The van der Waals surface area contributed by atoms with Gasteiger partial charge in [-0.2, -0.15) is 0 Å². The first-order valence-electron chi connectivity index (χ1n) is 7.89. The maximum absolute atomic E-state index is 11.0. The Bertz CT molecular complexity index is 696.